The van der Waals surface area contributed by atoms with Gasteiger partial charge in [-0.1, -0.05) is 125 Å². The van der Waals surface area contributed by atoms with E-state index in [1.165, 1.54) is 37.7 Å². The fourth-order valence-electron chi connectivity index (χ4n) is 5.94. The van der Waals surface area contributed by atoms with Crippen LogP contribution in [0.4, 0.5) is 0 Å². The smallest absolute Gasteiger partial charge is 0.133 e. The summed E-state index contributed by atoms with van der Waals surface area (Å²) in [6, 6.07) is 4.00. The third kappa shape index (κ3) is 6.31. The average Bonchev–Trinajstić information content (AvgIpc) is 2.76. The number of rotatable bonds is 5. The first-order valence-corrected chi connectivity index (χ1v) is 17.4. The standard InChI is InChI=1S/C26H32Br4I2O/c1-25(2)19(15(13-31)4-6-22(25)29)8-9-26(3)20(16(14-32)5-7-23(26)30)11-17-10-18(27)12-21(28)24(17)33/h10,12-14,19-20,22-23,33H,4-9,11H2,1-3H3/b15-13-,16-14-/t19-,20-,22+,23+,26+/m1/s1. The van der Waals surface area contributed by atoms with Gasteiger partial charge in [-0.3, -0.25) is 0 Å². The fourth-order valence-corrected chi connectivity index (χ4v) is 10.1. The summed E-state index contributed by atoms with van der Waals surface area (Å²) in [6.45, 7) is 7.36. The molecule has 3 rings (SSSR count). The van der Waals surface area contributed by atoms with Crippen LogP contribution in [0.3, 0.4) is 0 Å². The highest BCUT2D eigenvalue weighted by atomic mass is 127. The number of phenols is 1. The normalized spacial score (nSPS) is 34.7. The molecule has 7 heteroatoms. The monoisotopic (exact) mass is 930 g/mol. The zero-order valence-corrected chi connectivity index (χ0v) is 29.9. The zero-order chi connectivity index (χ0) is 24.6. The van der Waals surface area contributed by atoms with Crippen molar-refractivity contribution in [1.29, 1.82) is 0 Å². The third-order valence-corrected chi connectivity index (χ3v) is 14.1. The molecule has 0 saturated heterocycles. The van der Waals surface area contributed by atoms with Crippen LogP contribution >= 0.6 is 109 Å². The fraction of sp³-hybridized carbons (Fsp3) is 0.615. The van der Waals surface area contributed by atoms with Gasteiger partial charge in [0, 0.05) is 14.1 Å². The van der Waals surface area contributed by atoms with Crippen molar-refractivity contribution in [2.45, 2.75) is 75.4 Å². The molecule has 33 heavy (non-hydrogen) atoms. The molecule has 2 saturated carbocycles. The predicted molar refractivity (Wildman–Crippen MR) is 173 cm³/mol. The number of hydrogen-bond donors (Lipinski definition) is 1. The minimum absolute atomic E-state index is 0.113. The van der Waals surface area contributed by atoms with Gasteiger partial charge in [-0.25, -0.2) is 0 Å². The largest absolute Gasteiger partial charge is 0.506 e. The molecule has 1 aromatic rings. The molecule has 0 heterocycles. The van der Waals surface area contributed by atoms with Crippen LogP contribution in [0.5, 0.6) is 5.75 Å². The van der Waals surface area contributed by atoms with Crippen molar-refractivity contribution in [3.05, 3.63) is 46.0 Å². The lowest BCUT2D eigenvalue weighted by molar-refractivity contribution is 0.118. The van der Waals surface area contributed by atoms with E-state index in [0.717, 1.165) is 27.4 Å². The summed E-state index contributed by atoms with van der Waals surface area (Å²) in [6.07, 6.45) is 7.91. The molecule has 2 aliphatic rings. The van der Waals surface area contributed by atoms with Crippen molar-refractivity contribution < 1.29 is 5.11 Å². The molecular formula is C26H32Br4I2O. The molecule has 0 bridgehead atoms. The van der Waals surface area contributed by atoms with Crippen LogP contribution in [0.2, 0.25) is 0 Å². The van der Waals surface area contributed by atoms with Gasteiger partial charge in [0.2, 0.25) is 0 Å². The van der Waals surface area contributed by atoms with Crippen LogP contribution in [-0.2, 0) is 6.42 Å². The van der Waals surface area contributed by atoms with Crippen molar-refractivity contribution in [2.24, 2.45) is 22.7 Å². The van der Waals surface area contributed by atoms with E-state index in [9.17, 15) is 5.11 Å². The Balaban J connectivity index is 1.94. The Morgan fingerprint density at radius 2 is 1.55 bits per heavy atom. The number of halogens is 6. The second-order valence-electron chi connectivity index (χ2n) is 10.5. The molecule has 0 unspecified atom stereocenters. The molecule has 5 atom stereocenters. The number of allylic oxidation sites excluding steroid dienone is 2. The quantitative estimate of drug-likeness (QED) is 0.230. The minimum atomic E-state index is 0.113. The van der Waals surface area contributed by atoms with Gasteiger partial charge in [0.25, 0.3) is 0 Å². The number of phenolic OH excluding ortho intramolecular Hbond substituents is 1. The van der Waals surface area contributed by atoms with Gasteiger partial charge in [-0.2, -0.15) is 0 Å². The van der Waals surface area contributed by atoms with Crippen molar-refractivity contribution in [3.8, 4) is 5.75 Å². The molecule has 1 nitrogen and oxygen atoms in total. The summed E-state index contributed by atoms with van der Waals surface area (Å²) >= 11 is 20.2. The van der Waals surface area contributed by atoms with Gasteiger partial charge >= 0.3 is 0 Å². The van der Waals surface area contributed by atoms with Gasteiger partial charge in [-0.15, -0.1) is 0 Å². The van der Waals surface area contributed by atoms with Crippen LogP contribution in [-0.4, -0.2) is 14.8 Å². The molecule has 2 fully saturated rings. The highest BCUT2D eigenvalue weighted by Gasteiger charge is 2.47. The molecule has 0 radical (unpaired) electrons. The second kappa shape index (κ2) is 12.2. The van der Waals surface area contributed by atoms with E-state index in [1.54, 1.807) is 5.57 Å². The highest BCUT2D eigenvalue weighted by Crippen LogP contribution is 2.56. The number of hydrogen-bond acceptors (Lipinski definition) is 1. The molecule has 2 aliphatic carbocycles. The summed E-state index contributed by atoms with van der Waals surface area (Å²) in [4.78, 5) is 1.02. The molecule has 1 N–H and O–H groups in total. The summed E-state index contributed by atoms with van der Waals surface area (Å²) in [5.41, 5.74) is 4.51. The van der Waals surface area contributed by atoms with E-state index in [2.05, 4.69) is 144 Å². The second-order valence-corrected chi connectivity index (χ2v) is 15.7. The Labute approximate surface area is 260 Å². The van der Waals surface area contributed by atoms with E-state index in [4.69, 9.17) is 0 Å². The maximum Gasteiger partial charge on any atom is 0.133 e. The minimum Gasteiger partial charge on any atom is -0.506 e. The summed E-state index contributed by atoms with van der Waals surface area (Å²) in [7, 11) is 0. The Kier molecular flexibility index (Phi) is 10.8. The lowest BCUT2D eigenvalue weighted by Gasteiger charge is -2.50. The van der Waals surface area contributed by atoms with E-state index >= 15 is 0 Å². The van der Waals surface area contributed by atoms with Gasteiger partial charge in [-0.05, 0) is 109 Å². The SMILES string of the molecule is CC1(C)[C@H](CC[C@@]2(C)[C@H](Cc3cc(Br)cc(Br)c3O)/C(=C\I)CC[C@@H]2Br)/C(=C\I)CC[C@@H]1Br. The summed E-state index contributed by atoms with van der Waals surface area (Å²) < 4.78 is 6.41. The lowest BCUT2D eigenvalue weighted by Crippen LogP contribution is -2.44. The molecule has 0 aliphatic heterocycles. The third-order valence-electron chi connectivity index (χ3n) is 8.27. The summed E-state index contributed by atoms with van der Waals surface area (Å²) in [5, 5.41) is 10.8. The number of aromatic hydroxyl groups is 1. The Bertz CT molecular complexity index is 929. The summed E-state index contributed by atoms with van der Waals surface area (Å²) in [5.74, 6) is 1.35. The first-order chi connectivity index (χ1) is 15.4. The average molecular weight is 934 g/mol. The van der Waals surface area contributed by atoms with Crippen LogP contribution in [0.1, 0.15) is 64.9 Å². The lowest BCUT2D eigenvalue weighted by atomic mass is 9.58. The van der Waals surface area contributed by atoms with Crippen molar-refractivity contribution in [3.63, 3.8) is 0 Å². The maximum atomic E-state index is 10.8. The van der Waals surface area contributed by atoms with Crippen LogP contribution in [0.25, 0.3) is 0 Å². The highest BCUT2D eigenvalue weighted by molar-refractivity contribution is 14.1. The van der Waals surface area contributed by atoms with Gasteiger partial charge in [0.1, 0.15) is 5.75 Å². The van der Waals surface area contributed by atoms with Crippen molar-refractivity contribution in [2.75, 3.05) is 0 Å². The van der Waals surface area contributed by atoms with Gasteiger partial charge in [0.05, 0.1) is 4.47 Å². The van der Waals surface area contributed by atoms with Gasteiger partial charge in [0.15, 0.2) is 0 Å². The first-order valence-electron chi connectivity index (χ1n) is 11.5. The Morgan fingerprint density at radius 3 is 2.15 bits per heavy atom. The van der Waals surface area contributed by atoms with Crippen LogP contribution in [0, 0.1) is 22.7 Å². The molecule has 0 aromatic heterocycles. The number of benzene rings is 1. The van der Waals surface area contributed by atoms with E-state index in [0.29, 0.717) is 27.2 Å². The van der Waals surface area contributed by atoms with E-state index in [1.807, 2.05) is 6.07 Å². The van der Waals surface area contributed by atoms with E-state index in [-0.39, 0.29) is 10.8 Å². The molecule has 184 valence electrons. The zero-order valence-electron chi connectivity index (χ0n) is 19.3. The Hall–Kier alpha value is 1.88. The topological polar surface area (TPSA) is 20.2 Å². The predicted octanol–water partition coefficient (Wildman–Crippen LogP) is 11.3. The maximum absolute atomic E-state index is 10.8. The molecule has 1 aromatic carbocycles. The molecular weight excluding hydrogens is 902 g/mol. The first kappa shape index (κ1) is 29.4. The van der Waals surface area contributed by atoms with Crippen LogP contribution in [0.15, 0.2) is 40.4 Å². The van der Waals surface area contributed by atoms with Crippen LogP contribution < -0.4 is 0 Å². The van der Waals surface area contributed by atoms with Crippen molar-refractivity contribution >= 4 is 109 Å². The van der Waals surface area contributed by atoms with Crippen molar-refractivity contribution in [1.82, 2.24) is 0 Å². The van der Waals surface area contributed by atoms with E-state index < -0.39 is 0 Å². The number of alkyl halides is 2. The molecule has 0 amide bonds. The Morgan fingerprint density at radius 1 is 0.970 bits per heavy atom. The molecule has 0 spiro atoms. The van der Waals surface area contributed by atoms with Gasteiger partial charge < -0.3 is 5.11 Å².